The van der Waals surface area contributed by atoms with Crippen LogP contribution in [0.5, 0.6) is 5.75 Å². The number of anilines is 1. The van der Waals surface area contributed by atoms with E-state index in [1.807, 2.05) is 44.7 Å². The summed E-state index contributed by atoms with van der Waals surface area (Å²) in [7, 11) is 1.67. The van der Waals surface area contributed by atoms with Crippen molar-refractivity contribution < 1.29 is 9.84 Å². The molecule has 0 aliphatic carbocycles. The number of nitrogen functional groups attached to an aromatic ring is 1. The van der Waals surface area contributed by atoms with Crippen LogP contribution in [-0.4, -0.2) is 37.3 Å². The summed E-state index contributed by atoms with van der Waals surface area (Å²) in [4.78, 5) is 13.2. The minimum atomic E-state index is -0.706. The van der Waals surface area contributed by atoms with Crippen LogP contribution in [0.3, 0.4) is 0 Å². The van der Waals surface area contributed by atoms with Crippen LogP contribution < -0.4 is 10.5 Å². The topological polar surface area (TPSA) is 99.1 Å². The molecule has 0 unspecified atom stereocenters. The summed E-state index contributed by atoms with van der Waals surface area (Å²) < 4.78 is 7.53. The third-order valence-electron chi connectivity index (χ3n) is 5.07. The fourth-order valence-electron chi connectivity index (χ4n) is 3.65. The molecular formula is C21H28ClN5O2. The van der Waals surface area contributed by atoms with E-state index in [1.54, 1.807) is 7.11 Å². The van der Waals surface area contributed by atoms with Gasteiger partial charge in [-0.25, -0.2) is 4.98 Å². The molecule has 0 radical (unpaired) electrons. The zero-order valence-electron chi connectivity index (χ0n) is 17.6. The molecule has 3 rings (SSSR count). The number of methoxy groups -OCH3 is 1. The molecular weight excluding hydrogens is 390 g/mol. The number of fused-ring (bicyclic) bond motifs is 1. The molecule has 3 aromatic heterocycles. The van der Waals surface area contributed by atoms with Crippen molar-refractivity contribution >= 4 is 28.6 Å². The summed E-state index contributed by atoms with van der Waals surface area (Å²) in [6, 6.07) is 0. The summed E-state index contributed by atoms with van der Waals surface area (Å²) in [5.74, 6) is 0.972. The molecule has 3 heterocycles. The molecule has 0 saturated heterocycles. The Morgan fingerprint density at radius 2 is 2.00 bits per heavy atom. The average molecular weight is 418 g/mol. The summed E-state index contributed by atoms with van der Waals surface area (Å²) in [5, 5.41) is 11.2. The average Bonchev–Trinajstić information content (AvgIpc) is 2.94. The van der Waals surface area contributed by atoms with E-state index in [-0.39, 0.29) is 5.95 Å². The molecule has 0 aliphatic heterocycles. The van der Waals surface area contributed by atoms with Gasteiger partial charge in [0.25, 0.3) is 0 Å². The predicted molar refractivity (Wildman–Crippen MR) is 116 cm³/mol. The predicted octanol–water partition coefficient (Wildman–Crippen LogP) is 3.83. The zero-order chi connectivity index (χ0) is 21.3. The molecule has 0 bridgehead atoms. The van der Waals surface area contributed by atoms with E-state index >= 15 is 0 Å². The highest BCUT2D eigenvalue weighted by Gasteiger charge is 2.19. The molecule has 0 saturated carbocycles. The van der Waals surface area contributed by atoms with Crippen molar-refractivity contribution in [2.45, 2.75) is 59.1 Å². The van der Waals surface area contributed by atoms with Crippen molar-refractivity contribution in [3.63, 3.8) is 0 Å². The molecule has 0 atom stereocenters. The quantitative estimate of drug-likeness (QED) is 0.567. The van der Waals surface area contributed by atoms with Gasteiger partial charge in [0.1, 0.15) is 16.5 Å². The Bertz CT molecular complexity index is 1040. The molecule has 0 aliphatic rings. The molecule has 0 fully saturated rings. The van der Waals surface area contributed by atoms with Crippen molar-refractivity contribution in [1.29, 1.82) is 0 Å². The van der Waals surface area contributed by atoms with E-state index in [4.69, 9.17) is 22.1 Å². The Kier molecular flexibility index (Phi) is 6.00. The third kappa shape index (κ3) is 4.62. The zero-order valence-corrected chi connectivity index (χ0v) is 18.3. The maximum Gasteiger partial charge on any atom is 0.223 e. The lowest BCUT2D eigenvalue weighted by molar-refractivity contribution is 0.0689. The van der Waals surface area contributed by atoms with Gasteiger partial charge in [0.2, 0.25) is 5.95 Å². The van der Waals surface area contributed by atoms with Crippen LogP contribution in [-0.2, 0) is 13.0 Å². The second kappa shape index (κ2) is 8.16. The van der Waals surface area contributed by atoms with Gasteiger partial charge in [-0.3, -0.25) is 4.98 Å². The molecule has 156 valence electrons. The van der Waals surface area contributed by atoms with Crippen LogP contribution in [0, 0.1) is 13.8 Å². The SMILES string of the molecule is COc1c(C)cnc(Cn2cc(CCCC(C)(C)O)c3c(Cl)nc(N)nc32)c1C. The van der Waals surface area contributed by atoms with E-state index in [9.17, 15) is 5.11 Å². The molecule has 3 N–H and O–H groups in total. The fourth-order valence-corrected chi connectivity index (χ4v) is 3.94. The number of nitrogens with zero attached hydrogens (tertiary/aromatic N) is 4. The summed E-state index contributed by atoms with van der Waals surface area (Å²) in [6.45, 7) is 8.11. The van der Waals surface area contributed by atoms with Crippen molar-refractivity contribution in [3.8, 4) is 5.75 Å². The van der Waals surface area contributed by atoms with Crippen molar-refractivity contribution in [2.24, 2.45) is 0 Å². The highest BCUT2D eigenvalue weighted by Crippen LogP contribution is 2.31. The third-order valence-corrected chi connectivity index (χ3v) is 5.35. The highest BCUT2D eigenvalue weighted by molar-refractivity contribution is 6.34. The largest absolute Gasteiger partial charge is 0.496 e. The van der Waals surface area contributed by atoms with Gasteiger partial charge < -0.3 is 20.1 Å². The molecule has 3 aromatic rings. The van der Waals surface area contributed by atoms with E-state index in [0.717, 1.165) is 46.4 Å². The van der Waals surface area contributed by atoms with Gasteiger partial charge in [0.15, 0.2) is 0 Å². The first-order valence-corrected chi connectivity index (χ1v) is 10.0. The maximum atomic E-state index is 10.0. The second-order valence-corrected chi connectivity index (χ2v) is 8.42. The Labute approximate surface area is 175 Å². The fraction of sp³-hybridized carbons (Fsp3) is 0.476. The van der Waals surface area contributed by atoms with Crippen LogP contribution >= 0.6 is 11.6 Å². The Morgan fingerprint density at radius 3 is 2.66 bits per heavy atom. The molecule has 7 nitrogen and oxygen atoms in total. The first kappa shape index (κ1) is 21.3. The number of rotatable bonds is 7. The number of hydrogen-bond acceptors (Lipinski definition) is 6. The van der Waals surface area contributed by atoms with Crippen molar-refractivity contribution in [2.75, 3.05) is 12.8 Å². The van der Waals surface area contributed by atoms with Crippen LogP contribution in [0.2, 0.25) is 5.15 Å². The van der Waals surface area contributed by atoms with Crippen LogP contribution in [0.4, 0.5) is 5.95 Å². The lowest BCUT2D eigenvalue weighted by Gasteiger charge is -2.16. The van der Waals surface area contributed by atoms with Gasteiger partial charge in [-0.1, -0.05) is 11.6 Å². The number of hydrogen-bond donors (Lipinski definition) is 2. The molecule has 0 amide bonds. The normalized spacial score (nSPS) is 12.0. The smallest absolute Gasteiger partial charge is 0.223 e. The second-order valence-electron chi connectivity index (χ2n) is 8.07. The lowest BCUT2D eigenvalue weighted by atomic mass is 9.99. The first-order chi connectivity index (χ1) is 13.6. The van der Waals surface area contributed by atoms with Gasteiger partial charge in [-0.2, -0.15) is 4.98 Å². The number of nitrogens with two attached hydrogens (primary N) is 1. The minimum Gasteiger partial charge on any atom is -0.496 e. The molecule has 0 aromatic carbocycles. The number of halogens is 1. The van der Waals surface area contributed by atoms with E-state index in [1.165, 1.54) is 0 Å². The van der Waals surface area contributed by atoms with E-state index in [0.29, 0.717) is 23.8 Å². The summed E-state index contributed by atoms with van der Waals surface area (Å²) >= 11 is 6.42. The van der Waals surface area contributed by atoms with Crippen molar-refractivity contribution in [3.05, 3.63) is 39.9 Å². The Morgan fingerprint density at radius 1 is 1.28 bits per heavy atom. The molecule has 8 heteroatoms. The van der Waals surface area contributed by atoms with E-state index in [2.05, 4.69) is 15.0 Å². The Hall–Kier alpha value is -2.38. The van der Waals surface area contributed by atoms with Crippen LogP contribution in [0.1, 0.15) is 49.1 Å². The van der Waals surface area contributed by atoms with Crippen LogP contribution in [0.15, 0.2) is 12.4 Å². The summed E-state index contributed by atoms with van der Waals surface area (Å²) in [6.07, 6.45) is 6.10. The van der Waals surface area contributed by atoms with Crippen LogP contribution in [0.25, 0.3) is 11.0 Å². The Balaban J connectivity index is 2.02. The van der Waals surface area contributed by atoms with Crippen molar-refractivity contribution in [1.82, 2.24) is 19.5 Å². The molecule has 0 spiro atoms. The minimum absolute atomic E-state index is 0.135. The lowest BCUT2D eigenvalue weighted by Crippen LogP contribution is -2.18. The van der Waals surface area contributed by atoms with Gasteiger partial charge in [-0.05, 0) is 52.5 Å². The van der Waals surface area contributed by atoms with Gasteiger partial charge >= 0.3 is 0 Å². The highest BCUT2D eigenvalue weighted by atomic mass is 35.5. The number of ether oxygens (including phenoxy) is 1. The van der Waals surface area contributed by atoms with Gasteiger partial charge in [0, 0.05) is 23.5 Å². The number of aromatic nitrogens is 4. The molecule has 29 heavy (non-hydrogen) atoms. The maximum absolute atomic E-state index is 10.0. The number of pyridine rings is 1. The van der Waals surface area contributed by atoms with Gasteiger partial charge in [0.05, 0.1) is 30.3 Å². The number of aryl methyl sites for hydroxylation is 2. The van der Waals surface area contributed by atoms with Gasteiger partial charge in [-0.15, -0.1) is 0 Å². The van der Waals surface area contributed by atoms with E-state index < -0.39 is 5.60 Å². The summed E-state index contributed by atoms with van der Waals surface area (Å²) in [5.41, 5.74) is 9.74. The first-order valence-electron chi connectivity index (χ1n) is 9.63. The number of aliphatic hydroxyl groups is 1. The monoisotopic (exact) mass is 417 g/mol. The standard InChI is InChI=1S/C21H28ClN5O2/c1-12-9-24-15(13(2)17(12)29-5)11-27-10-14(7-6-8-21(3,4)28)16-18(22)25-20(23)26-19(16)27/h9-10,28H,6-8,11H2,1-5H3,(H2,23,25,26).